The predicted molar refractivity (Wildman–Crippen MR) is 197 cm³/mol. The molecule has 13 heteroatoms. The first kappa shape index (κ1) is 35.4. The first-order valence-corrected chi connectivity index (χ1v) is 20.2. The van der Waals surface area contributed by atoms with Crippen molar-refractivity contribution in [2.45, 2.75) is 44.2 Å². The minimum atomic E-state index is -4.39. The van der Waals surface area contributed by atoms with Crippen molar-refractivity contribution in [1.82, 2.24) is 5.32 Å². The molecule has 1 aliphatic carbocycles. The molecule has 4 aromatic rings. The number of hydrogen-bond donors (Lipinski definition) is 6. The Kier molecular flexibility index (Phi) is 8.32. The van der Waals surface area contributed by atoms with E-state index >= 15 is 0 Å². The molecule has 6 N–H and O–H groups in total. The van der Waals surface area contributed by atoms with Crippen LogP contribution in [0.4, 0.5) is 5.69 Å². The number of aliphatic hydroxyl groups is 1. The average Bonchev–Trinajstić information content (AvgIpc) is 3.42. The van der Waals surface area contributed by atoms with Crippen LogP contribution in [0.1, 0.15) is 38.8 Å². The van der Waals surface area contributed by atoms with E-state index in [1.54, 1.807) is 6.08 Å². The Hall–Kier alpha value is -4.05. The maximum atomic E-state index is 14.1. The highest BCUT2D eigenvalue weighted by Gasteiger charge is 2.55. The molecule has 7 rings (SSSR count). The summed E-state index contributed by atoms with van der Waals surface area (Å²) in [7, 11) is -8.78. The lowest BCUT2D eigenvalue weighted by atomic mass is 9.73. The third-order valence-corrected chi connectivity index (χ3v) is 12.1. The van der Waals surface area contributed by atoms with Crippen LogP contribution in [0.15, 0.2) is 108 Å². The van der Waals surface area contributed by atoms with Gasteiger partial charge >= 0.3 is 15.2 Å². The van der Waals surface area contributed by atoms with Crippen LogP contribution in [-0.2, 0) is 24.8 Å². The molecule has 1 unspecified atom stereocenters. The minimum absolute atomic E-state index is 0.0174. The number of ketones is 1. The first-order chi connectivity index (χ1) is 23.8. The smallest absolute Gasteiger partial charge is 0.327 e. The summed E-state index contributed by atoms with van der Waals surface area (Å²) in [5, 5.41) is 18.4. The van der Waals surface area contributed by atoms with Crippen molar-refractivity contribution >= 4 is 48.2 Å². The van der Waals surface area contributed by atoms with E-state index in [1.807, 2.05) is 105 Å². The lowest BCUT2D eigenvalue weighted by Crippen LogP contribution is -2.59. The largest absolute Gasteiger partial charge is 0.506 e. The molecule has 3 aliphatic rings. The van der Waals surface area contributed by atoms with Gasteiger partial charge in [-0.05, 0) is 28.5 Å². The van der Waals surface area contributed by atoms with Gasteiger partial charge in [0.15, 0.2) is 11.5 Å². The van der Waals surface area contributed by atoms with Crippen molar-refractivity contribution < 1.29 is 43.3 Å². The summed E-state index contributed by atoms with van der Waals surface area (Å²) >= 11 is 0. The molecule has 0 spiro atoms. The Morgan fingerprint density at radius 1 is 0.804 bits per heavy atom. The van der Waals surface area contributed by atoms with E-state index in [9.17, 15) is 38.6 Å². The summed E-state index contributed by atoms with van der Waals surface area (Å²) in [6.07, 6.45) is 2.21. The van der Waals surface area contributed by atoms with E-state index in [0.29, 0.717) is 11.4 Å². The zero-order valence-electron chi connectivity index (χ0n) is 28.6. The number of ether oxygens (including phenoxy) is 1. The summed E-state index contributed by atoms with van der Waals surface area (Å²) in [5.41, 5.74) is 0.0797. The molecule has 2 heterocycles. The molecule has 0 saturated heterocycles. The lowest BCUT2D eigenvalue weighted by molar-refractivity contribution is -0.113. The Bertz CT molecular complexity index is 2330. The third-order valence-electron chi connectivity index (χ3n) is 10.6. The summed E-state index contributed by atoms with van der Waals surface area (Å²) < 4.78 is 30.6. The number of nitrogens with zero attached hydrogens (tertiary/aromatic N) is 1. The van der Waals surface area contributed by atoms with Gasteiger partial charge in [0, 0.05) is 40.5 Å². The minimum Gasteiger partial charge on any atom is -0.506 e. The number of hydrogen-bond acceptors (Lipinski definition) is 7. The second-order valence-corrected chi connectivity index (χ2v) is 18.0. The molecule has 0 amide bonds. The van der Waals surface area contributed by atoms with Crippen LogP contribution in [-0.4, -0.2) is 61.6 Å². The summed E-state index contributed by atoms with van der Waals surface area (Å²) in [6, 6.07) is 23.3. The number of carbonyl (C=O) groups excluding carboxylic acids is 1. The number of nitrogens with one attached hydrogen (secondary N) is 1. The van der Waals surface area contributed by atoms with E-state index < -0.39 is 49.9 Å². The Labute approximate surface area is 295 Å². The molecule has 11 nitrogen and oxygen atoms in total. The highest BCUT2D eigenvalue weighted by molar-refractivity contribution is 7.52. The van der Waals surface area contributed by atoms with Crippen LogP contribution in [0.25, 0.3) is 21.5 Å². The molecule has 0 fully saturated rings. The van der Waals surface area contributed by atoms with Gasteiger partial charge in [-0.2, -0.15) is 0 Å². The van der Waals surface area contributed by atoms with E-state index in [1.165, 1.54) is 6.08 Å². The summed E-state index contributed by atoms with van der Waals surface area (Å²) in [4.78, 5) is 54.9. The molecule has 0 bridgehead atoms. The molecule has 2 aliphatic heterocycles. The van der Waals surface area contributed by atoms with Gasteiger partial charge < -0.3 is 34.3 Å². The van der Waals surface area contributed by atoms with Crippen molar-refractivity contribution in [2.24, 2.45) is 0 Å². The van der Waals surface area contributed by atoms with Crippen molar-refractivity contribution in [3.8, 4) is 5.75 Å². The second-order valence-electron chi connectivity index (χ2n) is 14.5. The van der Waals surface area contributed by atoms with Crippen LogP contribution < -0.4 is 15.0 Å². The zero-order valence-corrected chi connectivity index (χ0v) is 30.4. The van der Waals surface area contributed by atoms with Crippen molar-refractivity contribution in [1.29, 1.82) is 0 Å². The van der Waals surface area contributed by atoms with E-state index in [4.69, 9.17) is 4.74 Å². The molecular weight excluding hydrogens is 690 g/mol. The third kappa shape index (κ3) is 5.87. The monoisotopic (exact) mass is 730 g/mol. The van der Waals surface area contributed by atoms with Crippen LogP contribution in [0.2, 0.25) is 0 Å². The standard InChI is InChI=1S/C38H40N2O9P2/c1-36(2)29-15-13-23-9-5-7-11-25(23)32(29)40(18-20-51(46,47)48)31(36)21-27-33(41)28(34(27)42)22-38(39-17-19-50(43,44)45)37(3,4)30-16-14-24-10-6-8-12-26(24)35(30)49-38/h5-16,21-22,39,41H,17-20H2,1-4H3,(H2,43,44,45)(H2,46,47,48). The highest BCUT2D eigenvalue weighted by atomic mass is 31.2. The maximum Gasteiger partial charge on any atom is 0.327 e. The van der Waals surface area contributed by atoms with Gasteiger partial charge in [0.05, 0.1) is 34.6 Å². The summed E-state index contributed by atoms with van der Waals surface area (Å²) in [6.45, 7) is 7.59. The van der Waals surface area contributed by atoms with Gasteiger partial charge in [-0.15, -0.1) is 0 Å². The fraction of sp³-hybridized carbons (Fsp3) is 0.289. The van der Waals surface area contributed by atoms with Crippen molar-refractivity contribution in [3.05, 3.63) is 119 Å². The number of fused-ring (bicyclic) bond motifs is 6. The molecule has 51 heavy (non-hydrogen) atoms. The quantitative estimate of drug-likeness (QED) is 0.0841. The van der Waals surface area contributed by atoms with Crippen LogP contribution in [0.5, 0.6) is 5.75 Å². The van der Waals surface area contributed by atoms with Crippen LogP contribution >= 0.6 is 15.2 Å². The van der Waals surface area contributed by atoms with E-state index in [-0.39, 0.29) is 30.0 Å². The second kappa shape index (κ2) is 12.0. The lowest BCUT2D eigenvalue weighted by Gasteiger charge is -2.40. The Morgan fingerprint density at radius 2 is 1.39 bits per heavy atom. The average molecular weight is 731 g/mol. The van der Waals surface area contributed by atoms with E-state index in [0.717, 1.165) is 38.4 Å². The molecule has 266 valence electrons. The first-order valence-electron chi connectivity index (χ1n) is 16.6. The number of anilines is 1. The Balaban J connectivity index is 1.34. The molecule has 0 aromatic heterocycles. The number of Topliss-reactive ketones (excluding diaryl/α,β-unsaturated/α-hetero) is 1. The van der Waals surface area contributed by atoms with Crippen LogP contribution in [0.3, 0.4) is 0 Å². The highest BCUT2D eigenvalue weighted by Crippen LogP contribution is 2.54. The Morgan fingerprint density at radius 3 is 2.02 bits per heavy atom. The molecule has 0 radical (unpaired) electrons. The fourth-order valence-electron chi connectivity index (χ4n) is 7.66. The number of allylic oxidation sites excluding steroid dienone is 4. The normalized spacial score (nSPS) is 22.5. The zero-order chi connectivity index (χ0) is 36.7. The van der Waals surface area contributed by atoms with Gasteiger partial charge in [-0.1, -0.05) is 100 Å². The number of carbonyl (C=O) groups is 1. The fourth-order valence-corrected chi connectivity index (χ4v) is 8.52. The van der Waals surface area contributed by atoms with Gasteiger partial charge in [0.25, 0.3) is 0 Å². The molecule has 0 saturated carbocycles. The van der Waals surface area contributed by atoms with Gasteiger partial charge in [0.2, 0.25) is 0 Å². The van der Waals surface area contributed by atoms with E-state index in [2.05, 4.69) is 5.32 Å². The van der Waals surface area contributed by atoms with Crippen LogP contribution in [0, 0.1) is 0 Å². The number of rotatable bonds is 9. The molecule has 4 aromatic carbocycles. The maximum absolute atomic E-state index is 14.1. The SMILES string of the molecule is CC1(C)C(=CC2=C(O)C(=CC3(NCCP(=O)(O)O)Oc4c(ccc5ccccc45)C3(C)C)C2=O)N(CCP(=O)(O)O)c2c1ccc1ccccc21. The predicted octanol–water partition coefficient (Wildman–Crippen LogP) is 6.31. The molecule has 1 atom stereocenters. The van der Waals surface area contributed by atoms with Gasteiger partial charge in [-0.3, -0.25) is 19.2 Å². The number of aliphatic hydroxyl groups excluding tert-OH is 1. The molecular formula is C38H40N2O9P2. The van der Waals surface area contributed by atoms with Gasteiger partial charge in [-0.25, -0.2) is 0 Å². The van der Waals surface area contributed by atoms with Crippen molar-refractivity contribution in [3.63, 3.8) is 0 Å². The van der Waals surface area contributed by atoms with Gasteiger partial charge in [0.1, 0.15) is 11.5 Å². The summed E-state index contributed by atoms with van der Waals surface area (Å²) in [5.74, 6) is -0.187. The topological polar surface area (TPSA) is 177 Å². The van der Waals surface area contributed by atoms with Crippen molar-refractivity contribution in [2.75, 3.05) is 30.3 Å². The number of benzene rings is 4.